The van der Waals surface area contributed by atoms with Gasteiger partial charge in [0, 0.05) is 12.6 Å². The van der Waals surface area contributed by atoms with Crippen molar-refractivity contribution >= 4 is 9.84 Å². The maximum atomic E-state index is 13.5. The summed E-state index contributed by atoms with van der Waals surface area (Å²) in [4.78, 5) is 2.05. The number of hydrogen-bond donors (Lipinski definition) is 0. The number of sulfone groups is 1. The summed E-state index contributed by atoms with van der Waals surface area (Å²) in [5.74, 6) is 1.16. The summed E-state index contributed by atoms with van der Waals surface area (Å²) in [6, 6.07) is 12.5. The van der Waals surface area contributed by atoms with E-state index in [0.717, 1.165) is 36.9 Å². The number of ether oxygens (including phenoxy) is 2. The van der Waals surface area contributed by atoms with Crippen LogP contribution in [0.3, 0.4) is 0 Å². The molecule has 2 aromatic carbocycles. The van der Waals surface area contributed by atoms with E-state index in [1.165, 1.54) is 4.68 Å². The van der Waals surface area contributed by atoms with Gasteiger partial charge in [-0.2, -0.15) is 4.68 Å². The number of aromatic nitrogens is 4. The van der Waals surface area contributed by atoms with E-state index >= 15 is 0 Å². The van der Waals surface area contributed by atoms with Crippen molar-refractivity contribution in [3.05, 3.63) is 53.6 Å². The van der Waals surface area contributed by atoms with Gasteiger partial charge in [-0.1, -0.05) is 36.6 Å². The molecule has 1 atom stereocenters. The average Bonchev–Trinajstić information content (AvgIpc) is 3.32. The highest BCUT2D eigenvalue weighted by Gasteiger charge is 2.34. The molecule has 4 rings (SSSR count). The van der Waals surface area contributed by atoms with Gasteiger partial charge in [0.25, 0.3) is 5.16 Å². The molecule has 1 aliphatic heterocycles. The van der Waals surface area contributed by atoms with E-state index in [2.05, 4.69) is 22.4 Å². The van der Waals surface area contributed by atoms with Crippen molar-refractivity contribution in [1.29, 1.82) is 0 Å². The van der Waals surface area contributed by atoms with Crippen LogP contribution < -0.4 is 9.47 Å². The summed E-state index contributed by atoms with van der Waals surface area (Å²) in [6.07, 6.45) is 2.80. The fourth-order valence-corrected chi connectivity index (χ4v) is 5.60. The molecule has 0 bridgehead atoms. The van der Waals surface area contributed by atoms with Crippen molar-refractivity contribution in [3.8, 4) is 17.2 Å². The molecular formula is C23H29N5O4S. The van der Waals surface area contributed by atoms with E-state index in [1.807, 2.05) is 42.3 Å². The van der Waals surface area contributed by atoms with Crippen molar-refractivity contribution in [3.63, 3.8) is 0 Å². The lowest BCUT2D eigenvalue weighted by Gasteiger charge is -2.34. The number of fused-ring (bicyclic) bond motifs is 1. The van der Waals surface area contributed by atoms with Crippen molar-refractivity contribution in [2.45, 2.75) is 37.4 Å². The first-order chi connectivity index (χ1) is 15.9. The summed E-state index contributed by atoms with van der Waals surface area (Å²) in [6.45, 7) is 3.46. The molecule has 0 fully saturated rings. The summed E-state index contributed by atoms with van der Waals surface area (Å²) < 4.78 is 39.7. The predicted molar refractivity (Wildman–Crippen MR) is 124 cm³/mol. The van der Waals surface area contributed by atoms with Crippen LogP contribution in [-0.2, 0) is 16.3 Å². The maximum Gasteiger partial charge on any atom is 0.272 e. The van der Waals surface area contributed by atoms with Gasteiger partial charge in [0.05, 0.1) is 25.2 Å². The summed E-state index contributed by atoms with van der Waals surface area (Å²) in [5, 5.41) is 11.2. The first kappa shape index (κ1) is 23.2. The van der Waals surface area contributed by atoms with Gasteiger partial charge in [-0.15, -0.1) is 0 Å². The van der Waals surface area contributed by atoms with Gasteiger partial charge in [-0.3, -0.25) is 4.90 Å². The van der Waals surface area contributed by atoms with Crippen LogP contribution in [0.15, 0.2) is 47.6 Å². The number of nitrogens with zero attached hydrogens (tertiary/aromatic N) is 5. The zero-order valence-corrected chi connectivity index (χ0v) is 20.0. The van der Waals surface area contributed by atoms with Crippen LogP contribution in [0.25, 0.3) is 5.69 Å². The molecule has 0 saturated carbocycles. The van der Waals surface area contributed by atoms with E-state index in [1.54, 1.807) is 19.2 Å². The molecule has 10 heteroatoms. The topological polar surface area (TPSA) is 99.4 Å². The van der Waals surface area contributed by atoms with Gasteiger partial charge in [-0.05, 0) is 65.7 Å². The van der Waals surface area contributed by atoms with Gasteiger partial charge in [0.1, 0.15) is 0 Å². The Morgan fingerprint density at radius 1 is 1.15 bits per heavy atom. The minimum absolute atomic E-state index is 0.150. The molecule has 0 saturated heterocycles. The number of methoxy groups -OCH3 is 1. The normalized spacial score (nSPS) is 16.4. The highest BCUT2D eigenvalue weighted by Crippen LogP contribution is 2.39. The number of hydrogen-bond acceptors (Lipinski definition) is 8. The molecule has 0 N–H and O–H groups in total. The molecule has 0 amide bonds. The Kier molecular flexibility index (Phi) is 6.94. The molecule has 2 heterocycles. The highest BCUT2D eigenvalue weighted by molar-refractivity contribution is 7.91. The van der Waals surface area contributed by atoms with Crippen molar-refractivity contribution < 1.29 is 17.9 Å². The summed E-state index contributed by atoms with van der Waals surface area (Å²) >= 11 is 0. The first-order valence-corrected chi connectivity index (χ1v) is 12.7. The highest BCUT2D eigenvalue weighted by atomic mass is 32.2. The lowest BCUT2D eigenvalue weighted by atomic mass is 9.93. The van der Waals surface area contributed by atoms with Crippen LogP contribution in [-0.4, -0.2) is 66.6 Å². The molecule has 0 radical (unpaired) electrons. The monoisotopic (exact) mass is 471 g/mol. The molecule has 176 valence electrons. The van der Waals surface area contributed by atoms with Gasteiger partial charge in [-0.25, -0.2) is 8.42 Å². The van der Waals surface area contributed by atoms with E-state index in [0.29, 0.717) is 23.8 Å². The SMILES string of the molecule is CCCCOc1cc2c(cc1OC)C(CS(=O)(=O)c1nnnn1-c1ccccc1)N(C)CC2. The van der Waals surface area contributed by atoms with Crippen LogP contribution in [0.2, 0.25) is 0 Å². The number of tetrazole rings is 1. The molecular weight excluding hydrogens is 442 g/mol. The summed E-state index contributed by atoms with van der Waals surface area (Å²) in [7, 11) is -0.275. The van der Waals surface area contributed by atoms with E-state index in [-0.39, 0.29) is 17.0 Å². The largest absolute Gasteiger partial charge is 0.493 e. The Bertz CT molecular complexity index is 1200. The lowest BCUT2D eigenvalue weighted by molar-refractivity contribution is 0.245. The fourth-order valence-electron chi connectivity index (χ4n) is 4.04. The Morgan fingerprint density at radius 2 is 1.94 bits per heavy atom. The van der Waals surface area contributed by atoms with Crippen molar-refractivity contribution in [2.24, 2.45) is 0 Å². The zero-order valence-electron chi connectivity index (χ0n) is 19.1. The Labute approximate surface area is 194 Å². The van der Waals surface area contributed by atoms with Crippen molar-refractivity contribution in [1.82, 2.24) is 25.1 Å². The Morgan fingerprint density at radius 3 is 2.67 bits per heavy atom. The first-order valence-electron chi connectivity index (χ1n) is 11.0. The minimum atomic E-state index is -3.81. The quantitative estimate of drug-likeness (QED) is 0.439. The summed E-state index contributed by atoms with van der Waals surface area (Å²) in [5.41, 5.74) is 2.59. The third-order valence-corrected chi connectivity index (χ3v) is 7.47. The standard InChI is InChI=1S/C23H29N5O4S/c1-4-5-13-32-22-14-17-11-12-27(2)20(19(17)15-21(22)31-3)16-33(29,30)23-24-25-26-28(23)18-9-7-6-8-10-18/h6-10,14-15,20H,4-5,11-13,16H2,1-3H3. The molecule has 1 aliphatic rings. The Balaban J connectivity index is 1.66. The second-order valence-electron chi connectivity index (χ2n) is 8.14. The smallest absolute Gasteiger partial charge is 0.272 e. The maximum absolute atomic E-state index is 13.5. The fraction of sp³-hybridized carbons (Fsp3) is 0.435. The molecule has 33 heavy (non-hydrogen) atoms. The van der Waals surface area contributed by atoms with Crippen molar-refractivity contribution in [2.75, 3.05) is 33.1 Å². The van der Waals surface area contributed by atoms with Crippen LogP contribution in [0.4, 0.5) is 0 Å². The van der Waals surface area contributed by atoms with Crippen LogP contribution >= 0.6 is 0 Å². The van der Waals surface area contributed by atoms with Gasteiger partial charge >= 0.3 is 0 Å². The molecule has 9 nitrogen and oxygen atoms in total. The van der Waals surface area contributed by atoms with Gasteiger partial charge in [0.2, 0.25) is 9.84 Å². The number of likely N-dealkylation sites (N-methyl/N-ethyl adjacent to an activating group) is 1. The third kappa shape index (κ3) is 4.86. The lowest BCUT2D eigenvalue weighted by Crippen LogP contribution is -2.36. The third-order valence-electron chi connectivity index (χ3n) is 5.90. The van der Waals surface area contributed by atoms with Crippen LogP contribution in [0.5, 0.6) is 11.5 Å². The molecule has 1 aromatic heterocycles. The van der Waals surface area contributed by atoms with Crippen LogP contribution in [0.1, 0.15) is 36.9 Å². The van der Waals surface area contributed by atoms with E-state index in [4.69, 9.17) is 9.47 Å². The zero-order chi connectivity index (χ0) is 23.4. The van der Waals surface area contributed by atoms with Crippen LogP contribution in [0, 0.1) is 0 Å². The minimum Gasteiger partial charge on any atom is -0.493 e. The van der Waals surface area contributed by atoms with E-state index in [9.17, 15) is 8.42 Å². The molecule has 0 spiro atoms. The molecule has 1 unspecified atom stereocenters. The van der Waals surface area contributed by atoms with E-state index < -0.39 is 9.84 Å². The van der Waals surface area contributed by atoms with Gasteiger partial charge in [0.15, 0.2) is 11.5 Å². The number of benzene rings is 2. The van der Waals surface area contributed by atoms with Gasteiger partial charge < -0.3 is 9.47 Å². The number of para-hydroxylation sites is 1. The number of unbranched alkanes of at least 4 members (excludes halogenated alkanes) is 1. The second kappa shape index (κ2) is 9.88. The molecule has 0 aliphatic carbocycles. The average molecular weight is 472 g/mol. The molecule has 3 aromatic rings. The predicted octanol–water partition coefficient (Wildman–Crippen LogP) is 2.85. The number of rotatable bonds is 9. The Hall–Kier alpha value is -2.98. The second-order valence-corrected chi connectivity index (χ2v) is 10.1.